The van der Waals surface area contributed by atoms with Crippen LogP contribution in [0.3, 0.4) is 0 Å². The van der Waals surface area contributed by atoms with Gasteiger partial charge in [-0.25, -0.2) is 4.39 Å². The topological polar surface area (TPSA) is 42.2 Å². The summed E-state index contributed by atoms with van der Waals surface area (Å²) in [6, 6.07) is 9.09. The second-order valence-electron chi connectivity index (χ2n) is 4.16. The minimum atomic E-state index is -0.352. The van der Waals surface area contributed by atoms with E-state index in [1.54, 1.807) is 6.26 Å². The van der Waals surface area contributed by atoms with E-state index in [4.69, 9.17) is 4.42 Å². The number of hydrogen-bond acceptors (Lipinski definition) is 2. The van der Waals surface area contributed by atoms with Crippen molar-refractivity contribution in [2.75, 3.05) is 0 Å². The molecule has 1 amide bonds. The summed E-state index contributed by atoms with van der Waals surface area (Å²) in [6.45, 7) is 1.89. The number of rotatable bonds is 4. The standard InChI is InChI=1S/C14H14FNO2/c1-10(9-13-3-2-8-18-13)16-14(17)11-4-6-12(15)7-5-11/h2-8,10H,9H2,1H3,(H,16,17). The van der Waals surface area contributed by atoms with Gasteiger partial charge in [-0.1, -0.05) is 0 Å². The van der Waals surface area contributed by atoms with Gasteiger partial charge in [-0.05, 0) is 43.3 Å². The first kappa shape index (κ1) is 12.4. The Hall–Kier alpha value is -2.10. The Kier molecular flexibility index (Phi) is 3.77. The van der Waals surface area contributed by atoms with Gasteiger partial charge in [0.05, 0.1) is 6.26 Å². The third kappa shape index (κ3) is 3.20. The van der Waals surface area contributed by atoms with Crippen LogP contribution in [0.2, 0.25) is 0 Å². The maximum atomic E-state index is 12.7. The van der Waals surface area contributed by atoms with Gasteiger partial charge in [0.2, 0.25) is 0 Å². The van der Waals surface area contributed by atoms with Gasteiger partial charge in [0.25, 0.3) is 5.91 Å². The van der Waals surface area contributed by atoms with Gasteiger partial charge >= 0.3 is 0 Å². The van der Waals surface area contributed by atoms with E-state index in [0.29, 0.717) is 12.0 Å². The second-order valence-corrected chi connectivity index (χ2v) is 4.16. The molecule has 0 spiro atoms. The third-order valence-electron chi connectivity index (χ3n) is 2.57. The van der Waals surface area contributed by atoms with E-state index in [-0.39, 0.29) is 17.8 Å². The molecule has 1 aromatic heterocycles. The molecule has 1 atom stereocenters. The highest BCUT2D eigenvalue weighted by atomic mass is 19.1. The molecule has 0 radical (unpaired) electrons. The molecule has 1 heterocycles. The normalized spacial score (nSPS) is 12.1. The molecule has 0 aliphatic rings. The fourth-order valence-electron chi connectivity index (χ4n) is 1.69. The summed E-state index contributed by atoms with van der Waals surface area (Å²) in [6.07, 6.45) is 2.23. The largest absolute Gasteiger partial charge is 0.469 e. The number of carbonyl (C=O) groups excluding carboxylic acids is 1. The third-order valence-corrected chi connectivity index (χ3v) is 2.57. The summed E-state index contributed by atoms with van der Waals surface area (Å²) >= 11 is 0. The molecule has 4 heteroatoms. The first-order valence-electron chi connectivity index (χ1n) is 5.74. The van der Waals surface area contributed by atoms with Crippen molar-refractivity contribution in [1.29, 1.82) is 0 Å². The van der Waals surface area contributed by atoms with Crippen LogP contribution in [0.15, 0.2) is 47.1 Å². The van der Waals surface area contributed by atoms with E-state index in [0.717, 1.165) is 5.76 Å². The minimum Gasteiger partial charge on any atom is -0.469 e. The van der Waals surface area contributed by atoms with Gasteiger partial charge in [-0.15, -0.1) is 0 Å². The molecular weight excluding hydrogens is 233 g/mol. The lowest BCUT2D eigenvalue weighted by Crippen LogP contribution is -2.33. The highest BCUT2D eigenvalue weighted by molar-refractivity contribution is 5.94. The number of benzene rings is 1. The molecule has 94 valence electrons. The number of carbonyl (C=O) groups is 1. The lowest BCUT2D eigenvalue weighted by atomic mass is 10.1. The van der Waals surface area contributed by atoms with Crippen LogP contribution < -0.4 is 5.32 Å². The smallest absolute Gasteiger partial charge is 0.251 e. The first-order chi connectivity index (χ1) is 8.65. The highest BCUT2D eigenvalue weighted by Gasteiger charge is 2.11. The fraction of sp³-hybridized carbons (Fsp3) is 0.214. The molecule has 2 rings (SSSR count). The zero-order valence-corrected chi connectivity index (χ0v) is 10.0. The number of hydrogen-bond donors (Lipinski definition) is 1. The van der Waals surface area contributed by atoms with Crippen molar-refractivity contribution in [2.24, 2.45) is 0 Å². The van der Waals surface area contributed by atoms with Crippen LogP contribution in [0, 0.1) is 5.82 Å². The van der Waals surface area contributed by atoms with Crippen LogP contribution in [0.5, 0.6) is 0 Å². The van der Waals surface area contributed by atoms with Crippen LogP contribution >= 0.6 is 0 Å². The summed E-state index contributed by atoms with van der Waals surface area (Å²) in [5.41, 5.74) is 0.447. The zero-order chi connectivity index (χ0) is 13.0. The first-order valence-corrected chi connectivity index (χ1v) is 5.74. The van der Waals surface area contributed by atoms with Crippen molar-refractivity contribution in [3.63, 3.8) is 0 Å². The van der Waals surface area contributed by atoms with Crippen molar-refractivity contribution in [3.05, 3.63) is 59.8 Å². The highest BCUT2D eigenvalue weighted by Crippen LogP contribution is 2.06. The van der Waals surface area contributed by atoms with E-state index in [2.05, 4.69) is 5.32 Å². The minimum absolute atomic E-state index is 0.0475. The summed E-state index contributed by atoms with van der Waals surface area (Å²) < 4.78 is 17.9. The zero-order valence-electron chi connectivity index (χ0n) is 10.0. The summed E-state index contributed by atoms with van der Waals surface area (Å²) in [4.78, 5) is 11.8. The van der Waals surface area contributed by atoms with Gasteiger partial charge in [-0.3, -0.25) is 4.79 Å². The average Bonchev–Trinajstić information content (AvgIpc) is 2.82. The molecule has 2 aromatic rings. The number of amides is 1. The van der Waals surface area contributed by atoms with Crippen LogP contribution in [0.1, 0.15) is 23.0 Å². The van der Waals surface area contributed by atoms with Gasteiger partial charge in [0.15, 0.2) is 0 Å². The molecular formula is C14H14FNO2. The van der Waals surface area contributed by atoms with Crippen molar-refractivity contribution in [2.45, 2.75) is 19.4 Å². The monoisotopic (exact) mass is 247 g/mol. The van der Waals surface area contributed by atoms with Crippen molar-refractivity contribution >= 4 is 5.91 Å². The molecule has 0 saturated carbocycles. The van der Waals surface area contributed by atoms with Gasteiger partial charge in [-0.2, -0.15) is 0 Å². The Morgan fingerprint density at radius 1 is 1.33 bits per heavy atom. The van der Waals surface area contributed by atoms with Crippen molar-refractivity contribution in [1.82, 2.24) is 5.32 Å². The molecule has 1 aromatic carbocycles. The molecule has 0 aliphatic heterocycles. The van der Waals surface area contributed by atoms with Crippen LogP contribution in [-0.4, -0.2) is 11.9 Å². The Morgan fingerprint density at radius 3 is 2.67 bits per heavy atom. The predicted octanol–water partition coefficient (Wildman–Crippen LogP) is 2.78. The SMILES string of the molecule is CC(Cc1ccco1)NC(=O)c1ccc(F)cc1. The summed E-state index contributed by atoms with van der Waals surface area (Å²) in [7, 11) is 0. The van der Waals surface area contributed by atoms with E-state index < -0.39 is 0 Å². The van der Waals surface area contributed by atoms with Crippen LogP contribution in [-0.2, 0) is 6.42 Å². The van der Waals surface area contributed by atoms with Crippen molar-refractivity contribution < 1.29 is 13.6 Å². The van der Waals surface area contributed by atoms with Crippen LogP contribution in [0.25, 0.3) is 0 Å². The van der Waals surface area contributed by atoms with E-state index >= 15 is 0 Å². The Bertz CT molecular complexity index is 505. The number of nitrogens with one attached hydrogen (secondary N) is 1. The van der Waals surface area contributed by atoms with E-state index in [1.165, 1.54) is 24.3 Å². The molecule has 3 nitrogen and oxygen atoms in total. The average molecular weight is 247 g/mol. The molecule has 0 aliphatic carbocycles. The molecule has 0 bridgehead atoms. The summed E-state index contributed by atoms with van der Waals surface area (Å²) in [5, 5.41) is 2.83. The quantitative estimate of drug-likeness (QED) is 0.902. The molecule has 0 saturated heterocycles. The Labute approximate surface area is 105 Å². The van der Waals surface area contributed by atoms with Gasteiger partial charge in [0, 0.05) is 18.0 Å². The molecule has 1 unspecified atom stereocenters. The number of furan rings is 1. The molecule has 1 N–H and O–H groups in total. The lowest BCUT2D eigenvalue weighted by molar-refractivity contribution is 0.0939. The maximum Gasteiger partial charge on any atom is 0.251 e. The van der Waals surface area contributed by atoms with Gasteiger partial charge < -0.3 is 9.73 Å². The maximum absolute atomic E-state index is 12.7. The Morgan fingerprint density at radius 2 is 2.06 bits per heavy atom. The van der Waals surface area contributed by atoms with Crippen LogP contribution in [0.4, 0.5) is 4.39 Å². The Balaban J connectivity index is 1.92. The van der Waals surface area contributed by atoms with E-state index in [9.17, 15) is 9.18 Å². The molecule has 18 heavy (non-hydrogen) atoms. The fourth-order valence-corrected chi connectivity index (χ4v) is 1.69. The summed E-state index contributed by atoms with van der Waals surface area (Å²) in [5.74, 6) is 0.256. The van der Waals surface area contributed by atoms with Crippen molar-refractivity contribution in [3.8, 4) is 0 Å². The predicted molar refractivity (Wildman–Crippen MR) is 65.7 cm³/mol. The van der Waals surface area contributed by atoms with E-state index in [1.807, 2.05) is 19.1 Å². The lowest BCUT2D eigenvalue weighted by Gasteiger charge is -2.12. The number of halogens is 1. The molecule has 0 fully saturated rings. The second kappa shape index (κ2) is 5.49. The van der Waals surface area contributed by atoms with Gasteiger partial charge in [0.1, 0.15) is 11.6 Å².